The molecule has 0 aliphatic rings. The zero-order valence-corrected chi connectivity index (χ0v) is 16.2. The molecule has 0 radical (unpaired) electrons. The van der Waals surface area contributed by atoms with E-state index in [-0.39, 0.29) is 5.91 Å². The number of aryl methyl sites for hydroxylation is 1. The molecule has 0 saturated carbocycles. The maximum atomic E-state index is 12.1. The summed E-state index contributed by atoms with van der Waals surface area (Å²) >= 11 is 3.45. The average molecular weight is 404 g/mol. The topological polar surface area (TPSA) is 47.6 Å². The van der Waals surface area contributed by atoms with Gasteiger partial charge in [-0.3, -0.25) is 4.79 Å². The molecule has 2 aromatic rings. The fourth-order valence-electron chi connectivity index (χ4n) is 2.19. The highest BCUT2D eigenvalue weighted by Gasteiger charge is 2.06. The molecule has 0 atom stereocenters. The number of rotatable bonds is 7. The van der Waals surface area contributed by atoms with Gasteiger partial charge in [-0.1, -0.05) is 19.1 Å². The number of hydrogen-bond donors (Lipinski definition) is 1. The molecule has 5 heteroatoms. The summed E-state index contributed by atoms with van der Waals surface area (Å²) in [6, 6.07) is 11.4. The lowest BCUT2D eigenvalue weighted by atomic mass is 10.2. The minimum Gasteiger partial charge on any atom is -0.493 e. The molecule has 0 aliphatic carbocycles. The number of benzene rings is 2. The normalized spacial score (nSPS) is 10.7. The molecule has 25 heavy (non-hydrogen) atoms. The molecule has 2 rings (SSSR count). The predicted octanol–water partition coefficient (Wildman–Crippen LogP) is 5.21. The molecule has 1 N–H and O–H groups in total. The van der Waals surface area contributed by atoms with E-state index in [1.807, 2.05) is 43.3 Å². The number of carbonyl (C=O) groups excluding carboxylic acids is 1. The molecule has 0 fully saturated rings. The molecule has 0 aromatic heterocycles. The van der Waals surface area contributed by atoms with Crippen LogP contribution >= 0.6 is 15.9 Å². The Hall–Kier alpha value is -2.27. The number of hydrogen-bond acceptors (Lipinski definition) is 3. The number of amides is 1. The van der Waals surface area contributed by atoms with Gasteiger partial charge in [0.05, 0.1) is 19.4 Å². The highest BCUT2D eigenvalue weighted by Crippen LogP contribution is 2.29. The van der Waals surface area contributed by atoms with Gasteiger partial charge in [-0.05, 0) is 70.7 Å². The van der Waals surface area contributed by atoms with Gasteiger partial charge in [-0.25, -0.2) is 0 Å². The van der Waals surface area contributed by atoms with Crippen molar-refractivity contribution in [3.8, 4) is 11.5 Å². The second kappa shape index (κ2) is 9.28. The molecule has 0 heterocycles. The van der Waals surface area contributed by atoms with E-state index in [0.717, 1.165) is 27.7 Å². The van der Waals surface area contributed by atoms with Crippen LogP contribution in [0.2, 0.25) is 0 Å². The van der Waals surface area contributed by atoms with Crippen molar-refractivity contribution < 1.29 is 14.3 Å². The molecule has 4 nitrogen and oxygen atoms in total. The summed E-state index contributed by atoms with van der Waals surface area (Å²) in [5, 5.41) is 2.85. The van der Waals surface area contributed by atoms with Gasteiger partial charge in [-0.2, -0.15) is 0 Å². The Kier molecular flexibility index (Phi) is 7.07. The fraction of sp³-hybridized carbons (Fsp3) is 0.250. The van der Waals surface area contributed by atoms with E-state index in [1.54, 1.807) is 13.2 Å². The SMILES string of the molecule is CCCOc1ccc(/C=C/C(=O)Nc2ccc(C)cc2Br)cc1OC. The molecule has 0 spiro atoms. The Morgan fingerprint density at radius 3 is 2.68 bits per heavy atom. The first-order chi connectivity index (χ1) is 12.0. The highest BCUT2D eigenvalue weighted by atomic mass is 79.9. The van der Waals surface area contributed by atoms with Crippen molar-refractivity contribution in [2.24, 2.45) is 0 Å². The van der Waals surface area contributed by atoms with Crippen LogP contribution in [0.1, 0.15) is 24.5 Å². The number of methoxy groups -OCH3 is 1. The van der Waals surface area contributed by atoms with E-state index in [4.69, 9.17) is 9.47 Å². The van der Waals surface area contributed by atoms with Crippen LogP contribution in [0.3, 0.4) is 0 Å². The van der Waals surface area contributed by atoms with Gasteiger partial charge in [-0.15, -0.1) is 0 Å². The molecule has 132 valence electrons. The summed E-state index contributed by atoms with van der Waals surface area (Å²) in [6.45, 7) is 4.69. The van der Waals surface area contributed by atoms with Gasteiger partial charge in [0.1, 0.15) is 0 Å². The number of nitrogens with one attached hydrogen (secondary N) is 1. The third-order valence-corrected chi connectivity index (χ3v) is 4.12. The van der Waals surface area contributed by atoms with E-state index < -0.39 is 0 Å². The van der Waals surface area contributed by atoms with Crippen molar-refractivity contribution in [2.45, 2.75) is 20.3 Å². The Balaban J connectivity index is 2.06. The van der Waals surface area contributed by atoms with Crippen LogP contribution in [0.4, 0.5) is 5.69 Å². The van der Waals surface area contributed by atoms with E-state index >= 15 is 0 Å². The first-order valence-electron chi connectivity index (χ1n) is 8.09. The zero-order chi connectivity index (χ0) is 18.2. The summed E-state index contributed by atoms with van der Waals surface area (Å²) in [5.74, 6) is 1.15. The lowest BCUT2D eigenvalue weighted by Crippen LogP contribution is -2.08. The quantitative estimate of drug-likeness (QED) is 0.645. The molecule has 2 aromatic carbocycles. The number of anilines is 1. The molecule has 0 unspecified atom stereocenters. The third-order valence-electron chi connectivity index (χ3n) is 3.46. The number of ether oxygens (including phenoxy) is 2. The van der Waals surface area contributed by atoms with Crippen LogP contribution in [0.15, 0.2) is 46.9 Å². The van der Waals surface area contributed by atoms with E-state index in [0.29, 0.717) is 18.1 Å². The second-order valence-electron chi connectivity index (χ2n) is 5.56. The van der Waals surface area contributed by atoms with Crippen molar-refractivity contribution >= 4 is 33.6 Å². The first-order valence-corrected chi connectivity index (χ1v) is 8.89. The maximum Gasteiger partial charge on any atom is 0.248 e. The van der Waals surface area contributed by atoms with E-state index in [9.17, 15) is 4.79 Å². The van der Waals surface area contributed by atoms with Crippen molar-refractivity contribution in [3.63, 3.8) is 0 Å². The molecule has 0 bridgehead atoms. The van der Waals surface area contributed by atoms with Crippen molar-refractivity contribution in [2.75, 3.05) is 19.0 Å². The standard InChI is InChI=1S/C20H22BrNO3/c1-4-11-25-18-9-6-15(13-19(18)24-3)7-10-20(23)22-17-8-5-14(2)12-16(17)21/h5-10,12-13H,4,11H2,1-3H3,(H,22,23)/b10-7+. The molecule has 1 amide bonds. The lowest BCUT2D eigenvalue weighted by Gasteiger charge is -2.10. The van der Waals surface area contributed by atoms with Crippen LogP contribution in [-0.4, -0.2) is 19.6 Å². The predicted molar refractivity (Wildman–Crippen MR) is 105 cm³/mol. The van der Waals surface area contributed by atoms with Crippen LogP contribution < -0.4 is 14.8 Å². The Morgan fingerprint density at radius 1 is 1.20 bits per heavy atom. The Labute approximate surface area is 157 Å². The summed E-state index contributed by atoms with van der Waals surface area (Å²) in [7, 11) is 1.60. The first kappa shape index (κ1) is 19.1. The van der Waals surface area contributed by atoms with Gasteiger partial charge in [0.2, 0.25) is 5.91 Å². The van der Waals surface area contributed by atoms with Gasteiger partial charge in [0, 0.05) is 10.5 Å². The van der Waals surface area contributed by atoms with Crippen LogP contribution in [0.5, 0.6) is 11.5 Å². The molecule has 0 saturated heterocycles. The average Bonchev–Trinajstić information content (AvgIpc) is 2.60. The summed E-state index contributed by atoms with van der Waals surface area (Å²) in [4.78, 5) is 12.1. The monoisotopic (exact) mass is 403 g/mol. The fourth-order valence-corrected chi connectivity index (χ4v) is 2.78. The lowest BCUT2D eigenvalue weighted by molar-refractivity contribution is -0.111. The minimum atomic E-state index is -0.199. The summed E-state index contributed by atoms with van der Waals surface area (Å²) in [5.41, 5.74) is 2.72. The van der Waals surface area contributed by atoms with Gasteiger partial charge in [0.15, 0.2) is 11.5 Å². The minimum absolute atomic E-state index is 0.199. The van der Waals surface area contributed by atoms with Crippen LogP contribution in [0, 0.1) is 6.92 Å². The highest BCUT2D eigenvalue weighted by molar-refractivity contribution is 9.10. The zero-order valence-electron chi connectivity index (χ0n) is 14.6. The molecule has 0 aliphatic heterocycles. The van der Waals surface area contributed by atoms with E-state index in [2.05, 4.69) is 28.2 Å². The van der Waals surface area contributed by atoms with Crippen molar-refractivity contribution in [1.29, 1.82) is 0 Å². The molecular formula is C20H22BrNO3. The van der Waals surface area contributed by atoms with Gasteiger partial charge < -0.3 is 14.8 Å². The van der Waals surface area contributed by atoms with Crippen molar-refractivity contribution in [1.82, 2.24) is 0 Å². The third kappa shape index (κ3) is 5.64. The summed E-state index contributed by atoms with van der Waals surface area (Å²) in [6.07, 6.45) is 4.16. The van der Waals surface area contributed by atoms with Crippen LogP contribution in [0.25, 0.3) is 6.08 Å². The second-order valence-corrected chi connectivity index (χ2v) is 6.42. The van der Waals surface area contributed by atoms with Gasteiger partial charge in [0.25, 0.3) is 0 Å². The number of halogens is 1. The number of carbonyl (C=O) groups is 1. The van der Waals surface area contributed by atoms with Gasteiger partial charge >= 0.3 is 0 Å². The largest absolute Gasteiger partial charge is 0.493 e. The molecular weight excluding hydrogens is 382 g/mol. The Morgan fingerprint density at radius 2 is 2.00 bits per heavy atom. The van der Waals surface area contributed by atoms with Crippen molar-refractivity contribution in [3.05, 3.63) is 58.1 Å². The maximum absolute atomic E-state index is 12.1. The summed E-state index contributed by atoms with van der Waals surface area (Å²) < 4.78 is 11.8. The Bertz CT molecular complexity index is 772. The van der Waals surface area contributed by atoms with Crippen LogP contribution in [-0.2, 0) is 4.79 Å². The smallest absolute Gasteiger partial charge is 0.248 e. The van der Waals surface area contributed by atoms with E-state index in [1.165, 1.54) is 6.08 Å².